The second-order valence-corrected chi connectivity index (χ2v) is 4.13. The fourth-order valence-corrected chi connectivity index (χ4v) is 1.80. The van der Waals surface area contributed by atoms with Gasteiger partial charge in [0.05, 0.1) is 24.2 Å². The zero-order valence-corrected chi connectivity index (χ0v) is 9.76. The summed E-state index contributed by atoms with van der Waals surface area (Å²) in [4.78, 5) is 10.7. The lowest BCUT2D eigenvalue weighted by Gasteiger charge is -2.07. The molecule has 0 saturated carbocycles. The predicted molar refractivity (Wildman–Crippen MR) is 64.1 cm³/mol. The van der Waals surface area contributed by atoms with Crippen LogP contribution in [0.15, 0.2) is 36.7 Å². The molecule has 0 spiro atoms. The number of carboxylic acid groups (broad SMARTS) is 1. The van der Waals surface area contributed by atoms with Crippen LogP contribution in [0.5, 0.6) is 0 Å². The first-order valence-electron chi connectivity index (χ1n) is 5.11. The lowest BCUT2D eigenvalue weighted by Crippen LogP contribution is -2.07. The van der Waals surface area contributed by atoms with Gasteiger partial charge in [-0.1, -0.05) is 35.9 Å². The molecule has 1 aromatic heterocycles. The summed E-state index contributed by atoms with van der Waals surface area (Å²) in [5.74, 6) is -0.837. The molecular formula is C12H11ClN2O2. The Morgan fingerprint density at radius 1 is 1.35 bits per heavy atom. The van der Waals surface area contributed by atoms with Gasteiger partial charge < -0.3 is 5.11 Å². The van der Waals surface area contributed by atoms with E-state index in [-0.39, 0.29) is 6.42 Å². The van der Waals surface area contributed by atoms with Crippen LogP contribution in [0.2, 0.25) is 5.02 Å². The van der Waals surface area contributed by atoms with Crippen LogP contribution in [0, 0.1) is 0 Å². The van der Waals surface area contributed by atoms with E-state index < -0.39 is 5.97 Å². The summed E-state index contributed by atoms with van der Waals surface area (Å²) in [6, 6.07) is 7.42. The second kappa shape index (κ2) is 5.01. The highest BCUT2D eigenvalue weighted by Crippen LogP contribution is 2.13. The van der Waals surface area contributed by atoms with Crippen LogP contribution >= 0.6 is 11.6 Å². The van der Waals surface area contributed by atoms with E-state index in [1.54, 1.807) is 17.1 Å². The maximum Gasteiger partial charge on any atom is 0.307 e. The number of rotatable bonds is 4. The van der Waals surface area contributed by atoms with Gasteiger partial charge in [-0.25, -0.2) is 0 Å². The third kappa shape index (κ3) is 3.07. The van der Waals surface area contributed by atoms with E-state index in [1.807, 2.05) is 24.3 Å². The summed E-state index contributed by atoms with van der Waals surface area (Å²) in [7, 11) is 0. The number of aromatic nitrogens is 2. The quantitative estimate of drug-likeness (QED) is 0.905. The van der Waals surface area contributed by atoms with Crippen molar-refractivity contribution >= 4 is 17.6 Å². The number of aliphatic carboxylic acids is 1. The fourth-order valence-electron chi connectivity index (χ4n) is 1.65. The van der Waals surface area contributed by atoms with Crippen LogP contribution in [-0.2, 0) is 17.8 Å². The van der Waals surface area contributed by atoms with Crippen LogP contribution < -0.4 is 0 Å². The zero-order chi connectivity index (χ0) is 12.3. The van der Waals surface area contributed by atoms with Crippen molar-refractivity contribution in [2.45, 2.75) is 13.0 Å². The highest BCUT2D eigenvalue weighted by Gasteiger charge is 2.07. The van der Waals surface area contributed by atoms with Crippen molar-refractivity contribution in [3.8, 4) is 0 Å². The van der Waals surface area contributed by atoms with Gasteiger partial charge in [0.15, 0.2) is 0 Å². The number of carbonyl (C=O) groups is 1. The minimum Gasteiger partial charge on any atom is -0.481 e. The highest BCUT2D eigenvalue weighted by molar-refractivity contribution is 6.30. The SMILES string of the molecule is O=C(O)Cc1ccccc1Cn1cc(Cl)cn1. The largest absolute Gasteiger partial charge is 0.481 e. The Morgan fingerprint density at radius 3 is 2.65 bits per heavy atom. The molecule has 0 radical (unpaired) electrons. The molecule has 0 bridgehead atoms. The van der Waals surface area contributed by atoms with E-state index in [2.05, 4.69) is 5.10 Å². The van der Waals surface area contributed by atoms with Crippen molar-refractivity contribution in [3.05, 3.63) is 52.8 Å². The van der Waals surface area contributed by atoms with Crippen LogP contribution in [0.4, 0.5) is 0 Å². The number of hydrogen-bond donors (Lipinski definition) is 1. The molecule has 1 heterocycles. The lowest BCUT2D eigenvalue weighted by atomic mass is 10.0. The third-order valence-electron chi connectivity index (χ3n) is 2.39. The summed E-state index contributed by atoms with van der Waals surface area (Å²) >= 11 is 5.77. The Bertz CT molecular complexity index is 537. The minimum atomic E-state index is -0.837. The molecule has 0 amide bonds. The average molecular weight is 251 g/mol. The highest BCUT2D eigenvalue weighted by atomic mass is 35.5. The molecule has 0 aliphatic heterocycles. The molecule has 0 unspecified atom stereocenters. The van der Waals surface area contributed by atoms with E-state index in [0.717, 1.165) is 11.1 Å². The van der Waals surface area contributed by atoms with E-state index in [0.29, 0.717) is 11.6 Å². The van der Waals surface area contributed by atoms with Gasteiger partial charge in [-0.15, -0.1) is 0 Å². The van der Waals surface area contributed by atoms with Crippen molar-refractivity contribution in [2.24, 2.45) is 0 Å². The van der Waals surface area contributed by atoms with E-state index >= 15 is 0 Å². The Kier molecular flexibility index (Phi) is 3.44. The van der Waals surface area contributed by atoms with E-state index in [9.17, 15) is 4.79 Å². The number of hydrogen-bond acceptors (Lipinski definition) is 2. The summed E-state index contributed by atoms with van der Waals surface area (Å²) in [6.45, 7) is 0.524. The molecule has 17 heavy (non-hydrogen) atoms. The van der Waals surface area contributed by atoms with Gasteiger partial charge in [0.1, 0.15) is 0 Å². The fraction of sp³-hybridized carbons (Fsp3) is 0.167. The lowest BCUT2D eigenvalue weighted by molar-refractivity contribution is -0.136. The number of halogens is 1. The monoisotopic (exact) mass is 250 g/mol. The van der Waals surface area contributed by atoms with Gasteiger partial charge in [0, 0.05) is 6.20 Å². The second-order valence-electron chi connectivity index (χ2n) is 3.70. The van der Waals surface area contributed by atoms with Gasteiger partial charge in [-0.05, 0) is 11.1 Å². The molecule has 1 aromatic carbocycles. The van der Waals surface area contributed by atoms with Crippen molar-refractivity contribution in [1.29, 1.82) is 0 Å². The number of carboxylic acids is 1. The molecule has 0 saturated heterocycles. The van der Waals surface area contributed by atoms with Crippen LogP contribution in [-0.4, -0.2) is 20.9 Å². The van der Waals surface area contributed by atoms with Crippen molar-refractivity contribution in [3.63, 3.8) is 0 Å². The van der Waals surface area contributed by atoms with Gasteiger partial charge in [-0.3, -0.25) is 9.48 Å². The van der Waals surface area contributed by atoms with Gasteiger partial charge >= 0.3 is 5.97 Å². The van der Waals surface area contributed by atoms with Crippen molar-refractivity contribution < 1.29 is 9.90 Å². The first-order chi connectivity index (χ1) is 8.15. The summed E-state index contributed by atoms with van der Waals surface area (Å²) in [5.41, 5.74) is 1.74. The summed E-state index contributed by atoms with van der Waals surface area (Å²) < 4.78 is 1.68. The number of benzene rings is 1. The predicted octanol–water partition coefficient (Wildman–Crippen LogP) is 2.21. The van der Waals surface area contributed by atoms with E-state index in [1.165, 1.54) is 0 Å². The molecule has 0 fully saturated rings. The number of nitrogens with zero attached hydrogens (tertiary/aromatic N) is 2. The Balaban J connectivity index is 2.23. The normalized spacial score (nSPS) is 10.4. The van der Waals surface area contributed by atoms with Gasteiger partial charge in [0.2, 0.25) is 0 Å². The molecule has 4 nitrogen and oxygen atoms in total. The van der Waals surface area contributed by atoms with Crippen LogP contribution in [0.25, 0.3) is 0 Å². The summed E-state index contributed by atoms with van der Waals surface area (Å²) in [5, 5.41) is 13.5. The van der Waals surface area contributed by atoms with Crippen molar-refractivity contribution in [1.82, 2.24) is 9.78 Å². The molecule has 2 rings (SSSR count). The average Bonchev–Trinajstić information content (AvgIpc) is 2.66. The van der Waals surface area contributed by atoms with Crippen molar-refractivity contribution in [2.75, 3.05) is 0 Å². The summed E-state index contributed by atoms with van der Waals surface area (Å²) in [6.07, 6.45) is 3.28. The maximum absolute atomic E-state index is 10.7. The minimum absolute atomic E-state index is 0.0190. The van der Waals surface area contributed by atoms with Gasteiger partial charge in [0.25, 0.3) is 0 Å². The molecule has 5 heteroatoms. The molecule has 0 atom stereocenters. The third-order valence-corrected chi connectivity index (χ3v) is 2.59. The first-order valence-corrected chi connectivity index (χ1v) is 5.49. The standard InChI is InChI=1S/C12H11ClN2O2/c13-11-6-14-15(8-11)7-10-4-2-1-3-9(10)5-12(16)17/h1-4,6,8H,5,7H2,(H,16,17). The Labute approximate surface area is 103 Å². The first kappa shape index (κ1) is 11.7. The van der Waals surface area contributed by atoms with Crippen LogP contribution in [0.3, 0.4) is 0 Å². The van der Waals surface area contributed by atoms with E-state index in [4.69, 9.17) is 16.7 Å². The van der Waals surface area contributed by atoms with Gasteiger partial charge in [-0.2, -0.15) is 5.10 Å². The zero-order valence-electron chi connectivity index (χ0n) is 9.01. The molecular weight excluding hydrogens is 240 g/mol. The molecule has 1 N–H and O–H groups in total. The maximum atomic E-state index is 10.7. The molecule has 0 aliphatic rings. The Hall–Kier alpha value is -1.81. The Morgan fingerprint density at radius 2 is 2.06 bits per heavy atom. The molecule has 2 aromatic rings. The molecule has 88 valence electrons. The molecule has 0 aliphatic carbocycles. The van der Waals surface area contributed by atoms with Crippen LogP contribution in [0.1, 0.15) is 11.1 Å². The smallest absolute Gasteiger partial charge is 0.307 e. The topological polar surface area (TPSA) is 55.1 Å².